The van der Waals surface area contributed by atoms with Gasteiger partial charge in [0, 0.05) is 10.8 Å². The largest absolute Gasteiger partial charge is 0.292 e. The molecule has 10 aromatic carbocycles. The van der Waals surface area contributed by atoms with Crippen LogP contribution in [0.2, 0.25) is 0 Å². The van der Waals surface area contributed by atoms with Gasteiger partial charge in [-0.25, -0.2) is 4.98 Å². The molecule has 2 heteroatoms. The van der Waals surface area contributed by atoms with Crippen LogP contribution in [0.3, 0.4) is 0 Å². The standard InChI is InChI=1S/C51H30N2/c1-2-13-33-28-46-44(27-32(33)12-1)40-25-24-34(29-49(40)53-48-23-10-9-22-47(48)52-51(46)53)31-14-11-15-35(26-31)43-30-45-38-18-4-3-16-36(38)37-17-5-7-20-41(37)50(45)42-21-8-6-19-39(42)43/h1-30H. The smallest absolute Gasteiger partial charge is 0.146 e. The molecule has 53 heavy (non-hydrogen) atoms. The number of pyridine rings is 1. The van der Waals surface area contributed by atoms with E-state index in [4.69, 9.17) is 4.98 Å². The number of imidazole rings is 1. The summed E-state index contributed by atoms with van der Waals surface area (Å²) in [7, 11) is 0. The highest BCUT2D eigenvalue weighted by atomic mass is 15.0. The van der Waals surface area contributed by atoms with Crippen LogP contribution in [0.25, 0.3) is 114 Å². The van der Waals surface area contributed by atoms with E-state index in [1.165, 1.54) is 92.3 Å². The summed E-state index contributed by atoms with van der Waals surface area (Å²) < 4.78 is 2.36. The zero-order valence-corrected chi connectivity index (χ0v) is 28.7. The number of para-hydroxylation sites is 2. The molecule has 12 rings (SSSR count). The summed E-state index contributed by atoms with van der Waals surface area (Å²) in [4.78, 5) is 5.21. The molecule has 0 fully saturated rings. The highest BCUT2D eigenvalue weighted by Gasteiger charge is 2.18. The Morgan fingerprint density at radius 2 is 0.906 bits per heavy atom. The molecule has 12 aromatic rings. The van der Waals surface area contributed by atoms with Crippen LogP contribution in [-0.2, 0) is 0 Å². The van der Waals surface area contributed by atoms with Crippen molar-refractivity contribution in [3.63, 3.8) is 0 Å². The fourth-order valence-corrected chi connectivity index (χ4v) is 9.09. The SMILES string of the molecule is c1cc(-c2ccc3c4cc5ccccc5cc4c4nc5ccccc5n4c3c2)cc(-c2cc3c4ccccc4c4ccccc4c3c3ccccc23)c1. The summed E-state index contributed by atoms with van der Waals surface area (Å²) in [6.45, 7) is 0. The van der Waals surface area contributed by atoms with Gasteiger partial charge >= 0.3 is 0 Å². The zero-order chi connectivity index (χ0) is 34.6. The Hall–Kier alpha value is -7.03. The Labute approximate surface area is 304 Å². The fourth-order valence-electron chi connectivity index (χ4n) is 9.09. The Morgan fingerprint density at radius 1 is 0.321 bits per heavy atom. The Bertz CT molecular complexity index is 3520. The quantitative estimate of drug-likeness (QED) is 0.132. The van der Waals surface area contributed by atoms with Crippen LogP contribution < -0.4 is 0 Å². The third-order valence-electron chi connectivity index (χ3n) is 11.5. The number of benzene rings is 10. The van der Waals surface area contributed by atoms with E-state index < -0.39 is 0 Å². The first-order valence-corrected chi connectivity index (χ1v) is 18.3. The second kappa shape index (κ2) is 10.7. The van der Waals surface area contributed by atoms with E-state index in [0.717, 1.165) is 22.2 Å². The lowest BCUT2D eigenvalue weighted by atomic mass is 9.87. The second-order valence-electron chi connectivity index (χ2n) is 14.3. The molecule has 0 unspecified atom stereocenters. The van der Waals surface area contributed by atoms with E-state index in [-0.39, 0.29) is 0 Å². The van der Waals surface area contributed by atoms with Gasteiger partial charge in [0.2, 0.25) is 0 Å². The van der Waals surface area contributed by atoms with Crippen molar-refractivity contribution >= 4 is 92.2 Å². The van der Waals surface area contributed by atoms with Crippen LogP contribution in [-0.4, -0.2) is 9.38 Å². The molecule has 0 radical (unpaired) electrons. The van der Waals surface area contributed by atoms with Crippen molar-refractivity contribution < 1.29 is 0 Å². The Balaban J connectivity index is 1.12. The molecule has 244 valence electrons. The highest BCUT2D eigenvalue weighted by molar-refractivity contribution is 6.33. The molecular weight excluding hydrogens is 641 g/mol. The molecule has 0 spiro atoms. The highest BCUT2D eigenvalue weighted by Crippen LogP contribution is 2.43. The molecule has 0 atom stereocenters. The average Bonchev–Trinajstić information content (AvgIpc) is 3.63. The van der Waals surface area contributed by atoms with E-state index in [1.54, 1.807) is 0 Å². The lowest BCUT2D eigenvalue weighted by Gasteiger charge is -2.17. The molecule has 2 aromatic heterocycles. The molecule has 0 aliphatic carbocycles. The summed E-state index contributed by atoms with van der Waals surface area (Å²) in [5.74, 6) is 0. The van der Waals surface area contributed by atoms with Gasteiger partial charge in [-0.1, -0.05) is 140 Å². The first-order chi connectivity index (χ1) is 26.3. The van der Waals surface area contributed by atoms with Gasteiger partial charge in [0.25, 0.3) is 0 Å². The van der Waals surface area contributed by atoms with E-state index in [9.17, 15) is 0 Å². The summed E-state index contributed by atoms with van der Waals surface area (Å²) in [5.41, 5.74) is 9.11. The number of aromatic nitrogens is 2. The van der Waals surface area contributed by atoms with Crippen LogP contribution in [0.1, 0.15) is 0 Å². The van der Waals surface area contributed by atoms with Gasteiger partial charge in [-0.05, 0) is 124 Å². The average molecular weight is 671 g/mol. The van der Waals surface area contributed by atoms with Crippen LogP contribution in [0, 0.1) is 0 Å². The first kappa shape index (κ1) is 28.6. The molecule has 0 aliphatic rings. The predicted octanol–water partition coefficient (Wildman–Crippen LogP) is 13.9. The lowest BCUT2D eigenvalue weighted by Crippen LogP contribution is -1.93. The summed E-state index contributed by atoms with van der Waals surface area (Å²) in [6, 6.07) is 66.9. The maximum atomic E-state index is 5.21. The zero-order valence-electron chi connectivity index (χ0n) is 28.7. The summed E-state index contributed by atoms with van der Waals surface area (Å²) >= 11 is 0. The van der Waals surface area contributed by atoms with Gasteiger partial charge in [-0.15, -0.1) is 0 Å². The maximum Gasteiger partial charge on any atom is 0.146 e. The van der Waals surface area contributed by atoms with Gasteiger partial charge in [-0.2, -0.15) is 0 Å². The molecule has 2 nitrogen and oxygen atoms in total. The molecule has 0 amide bonds. The molecule has 0 saturated heterocycles. The van der Waals surface area contributed by atoms with Crippen LogP contribution in [0.15, 0.2) is 182 Å². The second-order valence-corrected chi connectivity index (χ2v) is 14.3. The predicted molar refractivity (Wildman–Crippen MR) is 226 cm³/mol. The van der Waals surface area contributed by atoms with Crippen molar-refractivity contribution in [3.05, 3.63) is 182 Å². The minimum atomic E-state index is 0.993. The van der Waals surface area contributed by atoms with Crippen molar-refractivity contribution in [2.45, 2.75) is 0 Å². The molecule has 0 bridgehead atoms. The molecule has 0 N–H and O–H groups in total. The van der Waals surface area contributed by atoms with Gasteiger partial charge < -0.3 is 0 Å². The minimum Gasteiger partial charge on any atom is -0.292 e. The van der Waals surface area contributed by atoms with Crippen molar-refractivity contribution in [1.29, 1.82) is 0 Å². The van der Waals surface area contributed by atoms with Gasteiger partial charge in [-0.3, -0.25) is 4.40 Å². The molecule has 0 aliphatic heterocycles. The monoisotopic (exact) mass is 670 g/mol. The number of hydrogen-bond donors (Lipinski definition) is 0. The topological polar surface area (TPSA) is 17.3 Å². The third kappa shape index (κ3) is 4.06. The third-order valence-corrected chi connectivity index (χ3v) is 11.5. The molecular formula is C51H30N2. The minimum absolute atomic E-state index is 0.993. The van der Waals surface area contributed by atoms with Gasteiger partial charge in [0.15, 0.2) is 0 Å². The first-order valence-electron chi connectivity index (χ1n) is 18.3. The van der Waals surface area contributed by atoms with Crippen molar-refractivity contribution in [3.8, 4) is 22.3 Å². The van der Waals surface area contributed by atoms with Crippen molar-refractivity contribution in [1.82, 2.24) is 9.38 Å². The number of hydrogen-bond acceptors (Lipinski definition) is 1. The van der Waals surface area contributed by atoms with Gasteiger partial charge in [0.05, 0.1) is 16.6 Å². The fraction of sp³-hybridized carbons (Fsp3) is 0. The van der Waals surface area contributed by atoms with Gasteiger partial charge in [0.1, 0.15) is 5.65 Å². The Kier molecular flexibility index (Phi) is 5.80. The number of fused-ring (bicyclic) bond motifs is 17. The van der Waals surface area contributed by atoms with E-state index >= 15 is 0 Å². The molecule has 2 heterocycles. The van der Waals surface area contributed by atoms with E-state index in [1.807, 2.05) is 0 Å². The van der Waals surface area contributed by atoms with Crippen LogP contribution in [0.5, 0.6) is 0 Å². The molecule has 0 saturated carbocycles. The van der Waals surface area contributed by atoms with Crippen LogP contribution >= 0.6 is 0 Å². The maximum absolute atomic E-state index is 5.21. The van der Waals surface area contributed by atoms with E-state index in [0.29, 0.717) is 0 Å². The lowest BCUT2D eigenvalue weighted by molar-refractivity contribution is 1.32. The number of nitrogens with zero attached hydrogens (tertiary/aromatic N) is 2. The Morgan fingerprint density at radius 3 is 1.70 bits per heavy atom. The van der Waals surface area contributed by atoms with E-state index in [2.05, 4.69) is 186 Å². The summed E-state index contributed by atoms with van der Waals surface area (Å²) in [5, 5.41) is 16.4. The number of rotatable bonds is 2. The van der Waals surface area contributed by atoms with Crippen molar-refractivity contribution in [2.75, 3.05) is 0 Å². The summed E-state index contributed by atoms with van der Waals surface area (Å²) in [6.07, 6.45) is 0. The normalized spacial score (nSPS) is 12.2. The van der Waals surface area contributed by atoms with Crippen LogP contribution in [0.4, 0.5) is 0 Å². The van der Waals surface area contributed by atoms with Crippen molar-refractivity contribution in [2.24, 2.45) is 0 Å².